The van der Waals surface area contributed by atoms with Gasteiger partial charge in [-0.15, -0.1) is 0 Å². The van der Waals surface area contributed by atoms with Gasteiger partial charge in [0, 0.05) is 20.6 Å². The Bertz CT molecular complexity index is 253. The highest BCUT2D eigenvalue weighted by Gasteiger charge is 2.13. The molecule has 15 heavy (non-hydrogen) atoms. The van der Waals surface area contributed by atoms with Gasteiger partial charge in [-0.05, 0) is 24.6 Å². The maximum atomic E-state index is 12.6. The summed E-state index contributed by atoms with van der Waals surface area (Å²) in [5.41, 5.74) is 0. The zero-order valence-corrected chi connectivity index (χ0v) is 10.9. The lowest BCUT2D eigenvalue weighted by Crippen LogP contribution is -2.22. The zero-order chi connectivity index (χ0) is 11.3. The lowest BCUT2D eigenvalue weighted by molar-refractivity contribution is 0.124. The Kier molecular flexibility index (Phi) is 4.73. The minimum atomic E-state index is -0.970. The predicted octanol–water partition coefficient (Wildman–Crippen LogP) is 3.77. The van der Waals surface area contributed by atoms with Gasteiger partial charge in [-0.25, -0.2) is 4.39 Å². The molecule has 0 bridgehead atoms. The Hall–Kier alpha value is -0.413. The van der Waals surface area contributed by atoms with Gasteiger partial charge in [-0.3, -0.25) is 0 Å². The van der Waals surface area contributed by atoms with E-state index in [1.165, 1.54) is 12.1 Å². The Morgan fingerprint density at radius 2 is 2.20 bits per heavy atom. The van der Waals surface area contributed by atoms with Crippen LogP contribution in [0.3, 0.4) is 0 Å². The number of hydrogen-bond acceptors (Lipinski definition) is 1. The van der Waals surface area contributed by atoms with E-state index < -0.39 is 8.07 Å². The quantitative estimate of drug-likeness (QED) is 0.514. The molecule has 0 heterocycles. The van der Waals surface area contributed by atoms with Gasteiger partial charge < -0.3 is 4.74 Å². The van der Waals surface area contributed by atoms with Gasteiger partial charge in [0.1, 0.15) is 5.83 Å². The molecule has 3 heteroatoms. The topological polar surface area (TPSA) is 9.23 Å². The molecule has 86 valence electrons. The van der Waals surface area contributed by atoms with Crippen molar-refractivity contribution in [1.29, 1.82) is 0 Å². The second-order valence-electron chi connectivity index (χ2n) is 5.33. The SMILES string of the molecule is C[Si](C)(C)CCOCC1C=CC(F)=CC1. The van der Waals surface area contributed by atoms with Crippen LogP contribution in [-0.4, -0.2) is 21.3 Å². The van der Waals surface area contributed by atoms with E-state index in [1.807, 2.05) is 6.08 Å². The molecule has 1 nitrogen and oxygen atoms in total. The van der Waals surface area contributed by atoms with Crippen LogP contribution in [0.5, 0.6) is 0 Å². The van der Waals surface area contributed by atoms with Crippen LogP contribution in [0, 0.1) is 5.92 Å². The van der Waals surface area contributed by atoms with Crippen LogP contribution in [0.15, 0.2) is 24.1 Å². The van der Waals surface area contributed by atoms with Gasteiger partial charge in [0.15, 0.2) is 0 Å². The van der Waals surface area contributed by atoms with E-state index in [0.717, 1.165) is 19.6 Å². The van der Waals surface area contributed by atoms with Gasteiger partial charge in [0.2, 0.25) is 0 Å². The fraction of sp³-hybridized carbons (Fsp3) is 0.667. The van der Waals surface area contributed by atoms with E-state index in [2.05, 4.69) is 19.6 Å². The minimum absolute atomic E-state index is 0.117. The lowest BCUT2D eigenvalue weighted by Gasteiger charge is -2.18. The van der Waals surface area contributed by atoms with Crippen molar-refractivity contribution in [2.45, 2.75) is 32.1 Å². The summed E-state index contributed by atoms with van der Waals surface area (Å²) < 4.78 is 18.3. The summed E-state index contributed by atoms with van der Waals surface area (Å²) >= 11 is 0. The molecule has 0 saturated heterocycles. The summed E-state index contributed by atoms with van der Waals surface area (Å²) in [5, 5.41) is 0. The Balaban J connectivity index is 2.10. The lowest BCUT2D eigenvalue weighted by atomic mass is 10.0. The highest BCUT2D eigenvalue weighted by molar-refractivity contribution is 6.76. The van der Waals surface area contributed by atoms with E-state index in [9.17, 15) is 4.39 Å². The second kappa shape index (κ2) is 5.61. The summed E-state index contributed by atoms with van der Waals surface area (Å²) in [6.07, 6.45) is 5.85. The van der Waals surface area contributed by atoms with E-state index in [0.29, 0.717) is 5.92 Å². The zero-order valence-electron chi connectivity index (χ0n) is 9.92. The van der Waals surface area contributed by atoms with E-state index in [-0.39, 0.29) is 5.83 Å². The third kappa shape index (κ3) is 5.90. The standard InChI is InChI=1S/C12H21FOSi/c1-15(2,3)9-8-14-10-11-4-6-12(13)7-5-11/h4,6-7,11H,5,8-10H2,1-3H3. The number of ether oxygens (including phenoxy) is 1. The van der Waals surface area contributed by atoms with E-state index in [1.54, 1.807) is 6.08 Å². The Morgan fingerprint density at radius 1 is 1.47 bits per heavy atom. The van der Waals surface area contributed by atoms with Crippen molar-refractivity contribution in [3.05, 3.63) is 24.1 Å². The van der Waals surface area contributed by atoms with Gasteiger partial charge >= 0.3 is 0 Å². The van der Waals surface area contributed by atoms with E-state index in [4.69, 9.17) is 4.74 Å². The molecule has 0 amide bonds. The van der Waals surface area contributed by atoms with Crippen LogP contribution >= 0.6 is 0 Å². The number of rotatable bonds is 5. The van der Waals surface area contributed by atoms with E-state index >= 15 is 0 Å². The average molecular weight is 228 g/mol. The molecule has 0 aromatic rings. The molecule has 0 N–H and O–H groups in total. The third-order valence-corrected chi connectivity index (χ3v) is 4.18. The van der Waals surface area contributed by atoms with Gasteiger partial charge in [0.25, 0.3) is 0 Å². The smallest absolute Gasteiger partial charge is 0.118 e. The molecule has 0 aliphatic heterocycles. The van der Waals surface area contributed by atoms with Crippen LogP contribution in [-0.2, 0) is 4.74 Å². The van der Waals surface area contributed by atoms with Crippen LogP contribution in [0.1, 0.15) is 6.42 Å². The minimum Gasteiger partial charge on any atom is -0.381 e. The van der Waals surface area contributed by atoms with Gasteiger partial charge in [-0.1, -0.05) is 25.7 Å². The van der Waals surface area contributed by atoms with Crippen molar-refractivity contribution in [2.75, 3.05) is 13.2 Å². The Labute approximate surface area is 93.0 Å². The molecule has 0 aromatic heterocycles. The van der Waals surface area contributed by atoms with Crippen molar-refractivity contribution in [3.8, 4) is 0 Å². The first-order chi connectivity index (χ1) is 6.97. The molecule has 1 atom stereocenters. The molecule has 0 radical (unpaired) electrons. The number of halogens is 1. The first kappa shape index (κ1) is 12.7. The highest BCUT2D eigenvalue weighted by atomic mass is 28.3. The highest BCUT2D eigenvalue weighted by Crippen LogP contribution is 2.17. The molecule has 1 aliphatic carbocycles. The van der Waals surface area contributed by atoms with Crippen LogP contribution in [0.4, 0.5) is 4.39 Å². The second-order valence-corrected chi connectivity index (χ2v) is 11.0. The summed E-state index contributed by atoms with van der Waals surface area (Å²) in [6, 6.07) is 1.20. The maximum Gasteiger partial charge on any atom is 0.118 e. The molecule has 0 aromatic carbocycles. The molecule has 1 unspecified atom stereocenters. The van der Waals surface area contributed by atoms with Crippen molar-refractivity contribution in [1.82, 2.24) is 0 Å². The predicted molar refractivity (Wildman–Crippen MR) is 65.4 cm³/mol. The largest absolute Gasteiger partial charge is 0.381 e. The fourth-order valence-corrected chi connectivity index (χ4v) is 2.13. The maximum absolute atomic E-state index is 12.6. The molecule has 0 saturated carbocycles. The summed E-state index contributed by atoms with van der Waals surface area (Å²) in [4.78, 5) is 0. The van der Waals surface area contributed by atoms with Crippen molar-refractivity contribution in [3.63, 3.8) is 0 Å². The first-order valence-electron chi connectivity index (χ1n) is 5.59. The summed E-state index contributed by atoms with van der Waals surface area (Å²) in [7, 11) is -0.970. The Morgan fingerprint density at radius 3 is 2.73 bits per heavy atom. The number of hydrogen-bond donors (Lipinski definition) is 0. The molecular weight excluding hydrogens is 207 g/mol. The van der Waals surface area contributed by atoms with Gasteiger partial charge in [-0.2, -0.15) is 0 Å². The monoisotopic (exact) mass is 228 g/mol. The average Bonchev–Trinajstić information content (AvgIpc) is 2.14. The van der Waals surface area contributed by atoms with Crippen molar-refractivity contribution >= 4 is 8.07 Å². The van der Waals surface area contributed by atoms with Crippen LogP contribution < -0.4 is 0 Å². The fourth-order valence-electron chi connectivity index (χ4n) is 1.38. The molecule has 1 rings (SSSR count). The van der Waals surface area contributed by atoms with Gasteiger partial charge in [0.05, 0.1) is 6.61 Å². The molecule has 1 aliphatic rings. The normalized spacial score (nSPS) is 21.6. The summed E-state index contributed by atoms with van der Waals surface area (Å²) in [6.45, 7) is 8.61. The van der Waals surface area contributed by atoms with Crippen molar-refractivity contribution < 1.29 is 9.13 Å². The van der Waals surface area contributed by atoms with Crippen molar-refractivity contribution in [2.24, 2.45) is 5.92 Å². The van der Waals surface area contributed by atoms with Crippen LogP contribution in [0.25, 0.3) is 0 Å². The first-order valence-corrected chi connectivity index (χ1v) is 9.30. The molecule has 0 fully saturated rings. The number of allylic oxidation sites excluding steroid dienone is 3. The molecular formula is C12H21FOSi. The van der Waals surface area contributed by atoms with Crippen LogP contribution in [0.2, 0.25) is 25.7 Å². The summed E-state index contributed by atoms with van der Waals surface area (Å²) in [5.74, 6) is 0.250. The third-order valence-electron chi connectivity index (χ3n) is 2.47. The molecule has 0 spiro atoms.